The van der Waals surface area contributed by atoms with Crippen molar-refractivity contribution in [2.75, 3.05) is 18.5 Å². The summed E-state index contributed by atoms with van der Waals surface area (Å²) in [5.74, 6) is -0.697. The fourth-order valence-corrected chi connectivity index (χ4v) is 1.53. The first-order chi connectivity index (χ1) is 8.13. The van der Waals surface area contributed by atoms with Crippen LogP contribution in [-0.2, 0) is 9.53 Å². The first-order valence-corrected chi connectivity index (χ1v) is 5.95. The van der Waals surface area contributed by atoms with Crippen molar-refractivity contribution in [3.8, 4) is 0 Å². The molecule has 0 aliphatic heterocycles. The average Bonchev–Trinajstić information content (AvgIpc) is 2.29. The van der Waals surface area contributed by atoms with Crippen molar-refractivity contribution in [3.05, 3.63) is 40.6 Å². The third kappa shape index (κ3) is 4.99. The molecular weight excluding hydrogens is 289 g/mol. The molecule has 0 bridgehead atoms. The van der Waals surface area contributed by atoms with E-state index in [0.717, 1.165) is 4.47 Å². The van der Waals surface area contributed by atoms with E-state index in [0.29, 0.717) is 18.8 Å². The Hall–Kier alpha value is -1.36. The zero-order valence-electron chi connectivity index (χ0n) is 9.37. The first-order valence-electron chi connectivity index (χ1n) is 5.15. The lowest BCUT2D eigenvalue weighted by molar-refractivity contribution is -0.137. The van der Waals surface area contributed by atoms with Gasteiger partial charge in [-0.1, -0.05) is 6.08 Å². The molecule has 0 spiro atoms. The molecule has 0 aromatic heterocycles. The van der Waals surface area contributed by atoms with Gasteiger partial charge < -0.3 is 10.1 Å². The number of nitrogens with one attached hydrogen (secondary N) is 1. The number of carbonyl (C=O) groups is 1. The molecule has 0 fully saturated rings. The summed E-state index contributed by atoms with van der Waals surface area (Å²) in [5, 5.41) is 2.97. The maximum Gasteiger partial charge on any atom is 0.330 e. The highest BCUT2D eigenvalue weighted by Crippen LogP contribution is 2.22. The van der Waals surface area contributed by atoms with Crippen LogP contribution in [0.4, 0.5) is 10.1 Å². The highest BCUT2D eigenvalue weighted by molar-refractivity contribution is 9.10. The fourth-order valence-electron chi connectivity index (χ4n) is 1.15. The van der Waals surface area contributed by atoms with Crippen molar-refractivity contribution < 1.29 is 13.9 Å². The largest absolute Gasteiger partial charge is 0.463 e. The Kier molecular flexibility index (Phi) is 5.69. The molecule has 0 amide bonds. The van der Waals surface area contributed by atoms with E-state index in [9.17, 15) is 9.18 Å². The van der Waals surface area contributed by atoms with Crippen LogP contribution in [-0.4, -0.2) is 19.1 Å². The molecule has 0 saturated carbocycles. The SMILES string of the molecule is CCOC(=O)/C=C/CNc1cc(F)ccc1Br. The van der Waals surface area contributed by atoms with Gasteiger partial charge in [0, 0.05) is 17.1 Å². The Morgan fingerprint density at radius 1 is 1.59 bits per heavy atom. The van der Waals surface area contributed by atoms with Crippen LogP contribution in [0.25, 0.3) is 0 Å². The van der Waals surface area contributed by atoms with Crippen LogP contribution in [0.2, 0.25) is 0 Å². The summed E-state index contributed by atoms with van der Waals surface area (Å²) in [4.78, 5) is 11.0. The summed E-state index contributed by atoms with van der Waals surface area (Å²) in [7, 11) is 0. The van der Waals surface area contributed by atoms with Crippen LogP contribution in [0.3, 0.4) is 0 Å². The smallest absolute Gasteiger partial charge is 0.330 e. The van der Waals surface area contributed by atoms with Crippen molar-refractivity contribution in [1.82, 2.24) is 0 Å². The van der Waals surface area contributed by atoms with Gasteiger partial charge in [-0.05, 0) is 41.1 Å². The molecule has 1 aromatic rings. The lowest BCUT2D eigenvalue weighted by Crippen LogP contribution is -2.03. The number of benzene rings is 1. The average molecular weight is 302 g/mol. The molecule has 5 heteroatoms. The van der Waals surface area contributed by atoms with E-state index in [2.05, 4.69) is 21.2 Å². The fraction of sp³-hybridized carbons (Fsp3) is 0.250. The Bertz CT molecular complexity index is 421. The molecule has 1 N–H and O–H groups in total. The third-order valence-electron chi connectivity index (χ3n) is 1.88. The summed E-state index contributed by atoms with van der Waals surface area (Å²) in [5.41, 5.74) is 0.638. The van der Waals surface area contributed by atoms with Crippen molar-refractivity contribution >= 4 is 27.6 Å². The predicted octanol–water partition coefficient (Wildman–Crippen LogP) is 3.12. The normalized spacial score (nSPS) is 10.5. The molecule has 1 rings (SSSR count). The molecule has 0 aliphatic rings. The third-order valence-corrected chi connectivity index (χ3v) is 2.57. The van der Waals surface area contributed by atoms with Crippen LogP contribution >= 0.6 is 15.9 Å². The number of anilines is 1. The standard InChI is InChI=1S/C12H13BrFNO2/c1-2-17-12(16)4-3-7-15-11-8-9(14)5-6-10(11)13/h3-6,8,15H,2,7H2,1H3/b4-3+. The second kappa shape index (κ2) is 7.06. The van der Waals surface area contributed by atoms with E-state index >= 15 is 0 Å². The summed E-state index contributed by atoms with van der Waals surface area (Å²) < 4.78 is 18.4. The molecule has 17 heavy (non-hydrogen) atoms. The van der Waals surface area contributed by atoms with Gasteiger partial charge in [0.2, 0.25) is 0 Å². The van der Waals surface area contributed by atoms with Crippen molar-refractivity contribution in [2.24, 2.45) is 0 Å². The van der Waals surface area contributed by atoms with Gasteiger partial charge in [-0.15, -0.1) is 0 Å². The number of rotatable bonds is 5. The van der Waals surface area contributed by atoms with Crippen LogP contribution in [0.15, 0.2) is 34.8 Å². The van der Waals surface area contributed by atoms with Crippen molar-refractivity contribution in [1.29, 1.82) is 0 Å². The first kappa shape index (κ1) is 13.7. The predicted molar refractivity (Wildman–Crippen MR) is 68.4 cm³/mol. The van der Waals surface area contributed by atoms with Gasteiger partial charge >= 0.3 is 5.97 Å². The van der Waals surface area contributed by atoms with Crippen LogP contribution in [0.1, 0.15) is 6.92 Å². The lowest BCUT2D eigenvalue weighted by Gasteiger charge is -2.05. The van der Waals surface area contributed by atoms with Gasteiger partial charge in [-0.25, -0.2) is 9.18 Å². The zero-order valence-corrected chi connectivity index (χ0v) is 11.0. The molecule has 92 valence electrons. The van der Waals surface area contributed by atoms with Gasteiger partial charge in [0.1, 0.15) is 5.82 Å². The number of ether oxygens (including phenoxy) is 1. The number of hydrogen-bond donors (Lipinski definition) is 1. The van der Waals surface area contributed by atoms with Gasteiger partial charge in [0.05, 0.1) is 12.3 Å². The quantitative estimate of drug-likeness (QED) is 0.671. The van der Waals surface area contributed by atoms with Gasteiger partial charge in [0.15, 0.2) is 0 Å². The molecule has 0 aliphatic carbocycles. The monoisotopic (exact) mass is 301 g/mol. The molecule has 0 saturated heterocycles. The molecule has 0 atom stereocenters. The number of esters is 1. The van der Waals surface area contributed by atoms with E-state index in [4.69, 9.17) is 4.74 Å². The van der Waals surface area contributed by atoms with E-state index < -0.39 is 0 Å². The minimum atomic E-state index is -0.382. The minimum absolute atomic E-state index is 0.315. The van der Waals surface area contributed by atoms with E-state index in [1.807, 2.05) is 0 Å². The molecule has 0 radical (unpaired) electrons. The molecule has 1 aromatic carbocycles. The minimum Gasteiger partial charge on any atom is -0.463 e. The Morgan fingerprint density at radius 3 is 3.06 bits per heavy atom. The Morgan fingerprint density at radius 2 is 2.35 bits per heavy atom. The molecular formula is C12H13BrFNO2. The maximum atomic E-state index is 12.9. The number of halogens is 2. The maximum absolute atomic E-state index is 12.9. The summed E-state index contributed by atoms with van der Waals surface area (Å²) in [6, 6.07) is 4.36. The molecule has 3 nitrogen and oxygen atoms in total. The zero-order chi connectivity index (χ0) is 12.7. The molecule has 0 unspecified atom stereocenters. The lowest BCUT2D eigenvalue weighted by atomic mass is 10.3. The van der Waals surface area contributed by atoms with Gasteiger partial charge in [-0.2, -0.15) is 0 Å². The number of carbonyl (C=O) groups excluding carboxylic acids is 1. The summed E-state index contributed by atoms with van der Waals surface area (Å²) >= 11 is 3.29. The van der Waals surface area contributed by atoms with Gasteiger partial charge in [-0.3, -0.25) is 0 Å². The molecule has 0 heterocycles. The Balaban J connectivity index is 2.45. The topological polar surface area (TPSA) is 38.3 Å². The van der Waals surface area contributed by atoms with Crippen LogP contribution in [0.5, 0.6) is 0 Å². The summed E-state index contributed by atoms with van der Waals surface area (Å²) in [6.07, 6.45) is 2.96. The van der Waals surface area contributed by atoms with Crippen molar-refractivity contribution in [2.45, 2.75) is 6.92 Å². The van der Waals surface area contributed by atoms with E-state index in [1.54, 1.807) is 19.1 Å². The van der Waals surface area contributed by atoms with Gasteiger partial charge in [0.25, 0.3) is 0 Å². The van der Waals surface area contributed by atoms with Crippen LogP contribution < -0.4 is 5.32 Å². The second-order valence-corrected chi connectivity index (χ2v) is 4.01. The van der Waals surface area contributed by atoms with Crippen LogP contribution in [0, 0.1) is 5.82 Å². The van der Waals surface area contributed by atoms with E-state index in [-0.39, 0.29) is 11.8 Å². The van der Waals surface area contributed by atoms with Crippen molar-refractivity contribution in [3.63, 3.8) is 0 Å². The Labute approximate surface area is 108 Å². The van der Waals surface area contributed by atoms with E-state index in [1.165, 1.54) is 18.2 Å². The number of hydrogen-bond acceptors (Lipinski definition) is 3. The highest BCUT2D eigenvalue weighted by Gasteiger charge is 1.99. The second-order valence-electron chi connectivity index (χ2n) is 3.16. The summed E-state index contributed by atoms with van der Waals surface area (Å²) in [6.45, 7) is 2.51. The highest BCUT2D eigenvalue weighted by atomic mass is 79.9.